The zero-order valence-electron chi connectivity index (χ0n) is 23.8. The third-order valence-corrected chi connectivity index (χ3v) is 8.65. The second kappa shape index (κ2) is 13.9. The first-order chi connectivity index (χ1) is 18.8. The minimum absolute atomic E-state index is 0.00290. The summed E-state index contributed by atoms with van der Waals surface area (Å²) in [4.78, 5) is 56.3. The molecule has 4 rings (SSSR count). The highest BCUT2D eigenvalue weighted by Crippen LogP contribution is 2.27. The summed E-state index contributed by atoms with van der Waals surface area (Å²) in [6.07, 6.45) is 10.5. The van der Waals surface area contributed by atoms with Gasteiger partial charge in [0.25, 0.3) is 0 Å². The molecule has 39 heavy (non-hydrogen) atoms. The van der Waals surface area contributed by atoms with Crippen LogP contribution in [0.3, 0.4) is 0 Å². The molecule has 3 aliphatic rings. The van der Waals surface area contributed by atoms with E-state index < -0.39 is 23.6 Å². The molecule has 0 unspecified atom stereocenters. The Morgan fingerprint density at radius 3 is 2.28 bits per heavy atom. The quantitative estimate of drug-likeness (QED) is 0.324. The maximum absolute atomic E-state index is 13.2. The molecule has 0 spiro atoms. The molecule has 1 aromatic carbocycles. The van der Waals surface area contributed by atoms with Crippen LogP contribution in [0.1, 0.15) is 83.6 Å². The number of amides is 4. The molecule has 8 heteroatoms. The van der Waals surface area contributed by atoms with Gasteiger partial charge in [-0.05, 0) is 49.5 Å². The summed E-state index contributed by atoms with van der Waals surface area (Å²) in [6.45, 7) is 6.98. The van der Waals surface area contributed by atoms with Gasteiger partial charge in [0.2, 0.25) is 0 Å². The van der Waals surface area contributed by atoms with Gasteiger partial charge >= 0.3 is 23.6 Å². The SMILES string of the molecule is CC(C)C[C@@H]1CN(CCCC[C@H]2CNC(=O)C(=O)N2CCC2CCCCC2)C(=O)C(=O)N1Cc1ccccc1. The van der Waals surface area contributed by atoms with Crippen LogP contribution in [0.2, 0.25) is 0 Å². The number of rotatable bonds is 12. The van der Waals surface area contributed by atoms with Crippen molar-refractivity contribution in [2.45, 2.75) is 96.7 Å². The van der Waals surface area contributed by atoms with Gasteiger partial charge in [0.15, 0.2) is 0 Å². The number of benzene rings is 1. The predicted octanol–water partition coefficient (Wildman–Crippen LogP) is 3.74. The molecule has 2 heterocycles. The van der Waals surface area contributed by atoms with Crippen LogP contribution in [0.5, 0.6) is 0 Å². The lowest BCUT2D eigenvalue weighted by Gasteiger charge is -2.41. The highest BCUT2D eigenvalue weighted by Gasteiger charge is 2.39. The maximum Gasteiger partial charge on any atom is 0.312 e. The molecule has 1 aliphatic carbocycles. The average Bonchev–Trinajstić information content (AvgIpc) is 2.93. The molecule has 3 fully saturated rings. The Labute approximate surface area is 233 Å². The molecule has 2 saturated heterocycles. The Hall–Kier alpha value is -2.90. The van der Waals surface area contributed by atoms with Crippen LogP contribution in [-0.2, 0) is 25.7 Å². The van der Waals surface area contributed by atoms with E-state index in [9.17, 15) is 19.2 Å². The third kappa shape index (κ3) is 7.83. The lowest BCUT2D eigenvalue weighted by atomic mass is 9.86. The van der Waals surface area contributed by atoms with Crippen LogP contribution in [-0.4, -0.2) is 76.6 Å². The number of nitrogens with one attached hydrogen (secondary N) is 1. The second-order valence-electron chi connectivity index (χ2n) is 12.1. The van der Waals surface area contributed by atoms with E-state index in [0.29, 0.717) is 44.6 Å². The summed E-state index contributed by atoms with van der Waals surface area (Å²) >= 11 is 0. The number of carbonyl (C=O) groups excluding carboxylic acids is 4. The number of nitrogens with zero attached hydrogens (tertiary/aromatic N) is 3. The molecule has 0 radical (unpaired) electrons. The summed E-state index contributed by atoms with van der Waals surface area (Å²) < 4.78 is 0. The Morgan fingerprint density at radius 2 is 1.56 bits per heavy atom. The predicted molar refractivity (Wildman–Crippen MR) is 150 cm³/mol. The molecule has 0 bridgehead atoms. The van der Waals surface area contributed by atoms with Crippen LogP contribution in [0.25, 0.3) is 0 Å². The van der Waals surface area contributed by atoms with Gasteiger partial charge < -0.3 is 20.0 Å². The lowest BCUT2D eigenvalue weighted by molar-refractivity contribution is -0.160. The molecule has 2 aliphatic heterocycles. The molecule has 4 amide bonds. The topological polar surface area (TPSA) is 90.0 Å². The zero-order valence-corrected chi connectivity index (χ0v) is 23.8. The third-order valence-electron chi connectivity index (χ3n) is 8.65. The summed E-state index contributed by atoms with van der Waals surface area (Å²) in [6, 6.07) is 9.84. The number of carbonyl (C=O) groups is 4. The highest BCUT2D eigenvalue weighted by molar-refractivity contribution is 6.36. The van der Waals surface area contributed by atoms with E-state index in [1.165, 1.54) is 32.1 Å². The van der Waals surface area contributed by atoms with Gasteiger partial charge in [0, 0.05) is 38.8 Å². The molecule has 0 aromatic heterocycles. The van der Waals surface area contributed by atoms with Crippen LogP contribution in [0, 0.1) is 11.8 Å². The smallest absolute Gasteiger partial charge is 0.312 e. The van der Waals surface area contributed by atoms with Crippen molar-refractivity contribution in [1.29, 1.82) is 0 Å². The van der Waals surface area contributed by atoms with Gasteiger partial charge in [0.05, 0.1) is 6.04 Å². The molecule has 1 N–H and O–H groups in total. The van der Waals surface area contributed by atoms with Crippen molar-refractivity contribution in [3.63, 3.8) is 0 Å². The van der Waals surface area contributed by atoms with Crippen molar-refractivity contribution in [2.24, 2.45) is 11.8 Å². The van der Waals surface area contributed by atoms with E-state index in [1.807, 2.05) is 30.3 Å². The van der Waals surface area contributed by atoms with Crippen molar-refractivity contribution in [2.75, 3.05) is 26.2 Å². The Morgan fingerprint density at radius 1 is 0.821 bits per heavy atom. The van der Waals surface area contributed by atoms with Gasteiger partial charge in [-0.2, -0.15) is 0 Å². The van der Waals surface area contributed by atoms with E-state index in [2.05, 4.69) is 19.2 Å². The standard InChI is InChI=1S/C31H46N4O4/c1-23(2)19-27-22-33(30(38)31(39)35(27)21-25-13-7-4-8-14-25)17-10-9-15-26-20-32-28(36)29(37)34(26)18-16-24-11-5-3-6-12-24/h4,7-8,13-14,23-24,26-27H,3,5-6,9-12,15-22H2,1-2H3,(H,32,36)/t26-,27+/m0/s1. The van der Waals surface area contributed by atoms with Gasteiger partial charge in [0.1, 0.15) is 0 Å². The molecule has 1 saturated carbocycles. The fraction of sp³-hybridized carbons (Fsp3) is 0.677. The first-order valence-corrected chi connectivity index (χ1v) is 15.1. The Kier molecular flexibility index (Phi) is 10.4. The van der Waals surface area contributed by atoms with E-state index in [1.54, 1.807) is 14.7 Å². The number of hydrogen-bond donors (Lipinski definition) is 1. The molecular weight excluding hydrogens is 492 g/mol. The Balaban J connectivity index is 1.29. The van der Waals surface area contributed by atoms with Crippen LogP contribution in [0.15, 0.2) is 30.3 Å². The summed E-state index contributed by atoms with van der Waals surface area (Å²) in [7, 11) is 0. The van der Waals surface area contributed by atoms with Crippen molar-refractivity contribution in [1.82, 2.24) is 20.0 Å². The highest BCUT2D eigenvalue weighted by atomic mass is 16.2. The monoisotopic (exact) mass is 538 g/mol. The van der Waals surface area contributed by atoms with Crippen molar-refractivity contribution < 1.29 is 19.2 Å². The van der Waals surface area contributed by atoms with Gasteiger partial charge in [-0.3, -0.25) is 19.2 Å². The van der Waals surface area contributed by atoms with E-state index in [0.717, 1.165) is 37.7 Å². The molecule has 2 atom stereocenters. The number of hydrogen-bond acceptors (Lipinski definition) is 4. The van der Waals surface area contributed by atoms with Gasteiger partial charge in [-0.25, -0.2) is 0 Å². The van der Waals surface area contributed by atoms with Gasteiger partial charge in [-0.15, -0.1) is 0 Å². The minimum atomic E-state index is -0.497. The fourth-order valence-corrected chi connectivity index (χ4v) is 6.49. The average molecular weight is 539 g/mol. The van der Waals surface area contributed by atoms with E-state index >= 15 is 0 Å². The normalized spacial score (nSPS) is 23.1. The summed E-state index contributed by atoms with van der Waals surface area (Å²) in [5.41, 5.74) is 1.03. The zero-order chi connectivity index (χ0) is 27.8. The Bertz CT molecular complexity index is 992. The number of unbranched alkanes of at least 4 members (excludes halogenated alkanes) is 1. The molecule has 1 aromatic rings. The minimum Gasteiger partial charge on any atom is -0.346 e. The van der Waals surface area contributed by atoms with Crippen LogP contribution < -0.4 is 5.32 Å². The van der Waals surface area contributed by atoms with Crippen LogP contribution >= 0.6 is 0 Å². The lowest BCUT2D eigenvalue weighted by Crippen LogP contribution is -2.59. The molecule has 8 nitrogen and oxygen atoms in total. The fourth-order valence-electron chi connectivity index (χ4n) is 6.49. The maximum atomic E-state index is 13.2. The van der Waals surface area contributed by atoms with Crippen LogP contribution in [0.4, 0.5) is 0 Å². The van der Waals surface area contributed by atoms with E-state index in [-0.39, 0.29) is 12.1 Å². The van der Waals surface area contributed by atoms with Crippen molar-refractivity contribution in [3.05, 3.63) is 35.9 Å². The first-order valence-electron chi connectivity index (χ1n) is 15.1. The summed E-state index contributed by atoms with van der Waals surface area (Å²) in [5, 5.41) is 2.76. The van der Waals surface area contributed by atoms with Crippen molar-refractivity contribution in [3.8, 4) is 0 Å². The van der Waals surface area contributed by atoms with Gasteiger partial charge in [-0.1, -0.05) is 76.3 Å². The van der Waals surface area contributed by atoms with Crippen molar-refractivity contribution >= 4 is 23.6 Å². The second-order valence-corrected chi connectivity index (χ2v) is 12.1. The first kappa shape index (κ1) is 29.1. The summed E-state index contributed by atoms with van der Waals surface area (Å²) in [5.74, 6) is -0.669. The molecule has 214 valence electrons. The molecular formula is C31H46N4O4. The van der Waals surface area contributed by atoms with E-state index in [4.69, 9.17) is 0 Å². The number of piperazine rings is 2. The largest absolute Gasteiger partial charge is 0.346 e.